The zero-order chi connectivity index (χ0) is 28.7. The van der Waals surface area contributed by atoms with Crippen molar-refractivity contribution in [3.05, 3.63) is 119 Å². The van der Waals surface area contributed by atoms with Crippen LogP contribution in [-0.2, 0) is 27.9 Å². The first-order valence-electron chi connectivity index (χ1n) is 12.1. The van der Waals surface area contributed by atoms with Gasteiger partial charge in [-0.1, -0.05) is 48.5 Å². The number of carboxylic acid groups (broad SMARTS) is 1. The summed E-state index contributed by atoms with van der Waals surface area (Å²) in [5, 5.41) is 10.1. The second kappa shape index (κ2) is 12.4. The van der Waals surface area contributed by atoms with E-state index < -0.39 is 22.0 Å². The lowest BCUT2D eigenvalue weighted by Gasteiger charge is -2.28. The molecule has 0 spiro atoms. The van der Waals surface area contributed by atoms with Crippen LogP contribution in [0.3, 0.4) is 0 Å². The fourth-order valence-electron chi connectivity index (χ4n) is 3.99. The number of hydrogen-bond acceptors (Lipinski definition) is 7. The van der Waals surface area contributed by atoms with Crippen LogP contribution in [-0.4, -0.2) is 39.7 Å². The maximum Gasteiger partial charge on any atom is 0.337 e. The molecule has 0 heterocycles. The lowest BCUT2D eigenvalue weighted by atomic mass is 10.1. The summed E-state index contributed by atoms with van der Waals surface area (Å²) in [4.78, 5) is 24.0. The van der Waals surface area contributed by atoms with Gasteiger partial charge in [0.1, 0.15) is 23.8 Å². The largest absolute Gasteiger partial charge is 0.497 e. The van der Waals surface area contributed by atoms with Crippen molar-refractivity contribution in [1.29, 1.82) is 0 Å². The van der Waals surface area contributed by atoms with Crippen molar-refractivity contribution in [1.82, 2.24) is 0 Å². The quantitative estimate of drug-likeness (QED) is 0.250. The van der Waals surface area contributed by atoms with Gasteiger partial charge in [0.2, 0.25) is 0 Å². The molecule has 9 nitrogen and oxygen atoms in total. The first kappa shape index (κ1) is 28.2. The maximum absolute atomic E-state index is 14.1. The summed E-state index contributed by atoms with van der Waals surface area (Å²) in [7, 11) is -1.51. The molecule has 0 unspecified atom stereocenters. The highest BCUT2D eigenvalue weighted by Gasteiger charge is 2.32. The van der Waals surface area contributed by atoms with Gasteiger partial charge >= 0.3 is 11.9 Å². The minimum Gasteiger partial charge on any atom is -0.497 e. The minimum atomic E-state index is -4.27. The molecule has 0 aromatic heterocycles. The van der Waals surface area contributed by atoms with Gasteiger partial charge in [0.25, 0.3) is 10.0 Å². The van der Waals surface area contributed by atoms with E-state index in [1.165, 1.54) is 56.7 Å². The lowest BCUT2D eigenvalue weighted by molar-refractivity contribution is 0.0599. The van der Waals surface area contributed by atoms with Crippen molar-refractivity contribution in [2.24, 2.45) is 0 Å². The van der Waals surface area contributed by atoms with Gasteiger partial charge in [-0.3, -0.25) is 4.31 Å². The second-order valence-corrected chi connectivity index (χ2v) is 10.5. The number of aromatic carboxylic acids is 1. The number of ether oxygens (including phenoxy) is 3. The van der Waals surface area contributed by atoms with E-state index in [0.29, 0.717) is 22.4 Å². The number of carboxylic acids is 1. The third kappa shape index (κ3) is 6.24. The van der Waals surface area contributed by atoms with Crippen molar-refractivity contribution < 1.29 is 37.3 Å². The smallest absolute Gasteiger partial charge is 0.337 e. The van der Waals surface area contributed by atoms with Crippen LogP contribution in [0.5, 0.6) is 11.5 Å². The van der Waals surface area contributed by atoms with Crippen LogP contribution < -0.4 is 13.8 Å². The first-order valence-corrected chi connectivity index (χ1v) is 13.6. The summed E-state index contributed by atoms with van der Waals surface area (Å²) < 4.78 is 45.1. The Labute approximate surface area is 232 Å². The number of esters is 1. The van der Waals surface area contributed by atoms with Gasteiger partial charge in [0.05, 0.1) is 36.8 Å². The van der Waals surface area contributed by atoms with E-state index in [2.05, 4.69) is 0 Å². The molecule has 0 radical (unpaired) electrons. The number of hydrogen-bond donors (Lipinski definition) is 1. The maximum atomic E-state index is 14.1. The Bertz CT molecular complexity index is 1590. The average Bonchev–Trinajstić information content (AvgIpc) is 2.99. The fourth-order valence-corrected chi connectivity index (χ4v) is 5.48. The Morgan fingerprint density at radius 1 is 0.800 bits per heavy atom. The van der Waals surface area contributed by atoms with Gasteiger partial charge in [0.15, 0.2) is 0 Å². The van der Waals surface area contributed by atoms with Crippen LogP contribution in [0.25, 0.3) is 0 Å². The van der Waals surface area contributed by atoms with Crippen LogP contribution in [0.4, 0.5) is 5.69 Å². The summed E-state index contributed by atoms with van der Waals surface area (Å²) in [6.07, 6.45) is 0. The zero-order valence-electron chi connectivity index (χ0n) is 21.8. The summed E-state index contributed by atoms with van der Waals surface area (Å²) in [6, 6.07) is 25.5. The Morgan fingerprint density at radius 3 is 2.08 bits per heavy atom. The summed E-state index contributed by atoms with van der Waals surface area (Å²) in [5.41, 5.74) is 1.32. The van der Waals surface area contributed by atoms with Crippen LogP contribution in [0.15, 0.2) is 102 Å². The van der Waals surface area contributed by atoms with Crippen molar-refractivity contribution in [3.8, 4) is 11.5 Å². The molecule has 0 saturated carbocycles. The van der Waals surface area contributed by atoms with Crippen LogP contribution in [0.1, 0.15) is 31.8 Å². The van der Waals surface area contributed by atoms with Crippen LogP contribution in [0.2, 0.25) is 0 Å². The summed E-state index contributed by atoms with van der Waals surface area (Å²) in [6.45, 7) is -0.164. The molecule has 0 aliphatic rings. The average molecular weight is 562 g/mol. The third-order valence-corrected chi connectivity index (χ3v) is 7.82. The number of sulfonamides is 1. The topological polar surface area (TPSA) is 119 Å². The number of nitrogens with zero attached hydrogens (tertiary/aromatic N) is 1. The molecule has 4 aromatic carbocycles. The van der Waals surface area contributed by atoms with Crippen LogP contribution >= 0.6 is 0 Å². The summed E-state index contributed by atoms with van der Waals surface area (Å²) >= 11 is 0. The Balaban J connectivity index is 1.79. The van der Waals surface area contributed by atoms with E-state index in [1.54, 1.807) is 54.6 Å². The van der Waals surface area contributed by atoms with Gasteiger partial charge < -0.3 is 19.3 Å². The Hall–Kier alpha value is -4.83. The predicted molar refractivity (Wildman–Crippen MR) is 148 cm³/mol. The standard InChI is InChI=1S/C30H27NO8S/c1-37-24-15-17-25(18-16-24)40(35,36)31(19-21-7-4-3-5-8-21)28-26(29(32)33)9-6-10-27(28)39-20-22-11-13-23(14-12-22)30(34)38-2/h3-18H,19-20H2,1-2H3,(H,32,33). The highest BCUT2D eigenvalue weighted by atomic mass is 32.2. The van der Waals surface area contributed by atoms with E-state index in [4.69, 9.17) is 14.2 Å². The van der Waals surface area contributed by atoms with Crippen molar-refractivity contribution in [3.63, 3.8) is 0 Å². The van der Waals surface area contributed by atoms with Gasteiger partial charge in [0, 0.05) is 0 Å². The number of benzene rings is 4. The number of carbonyl (C=O) groups excluding carboxylic acids is 1. The van der Waals surface area contributed by atoms with E-state index in [0.717, 1.165) is 4.31 Å². The minimum absolute atomic E-state index is 0.0146. The third-order valence-electron chi connectivity index (χ3n) is 6.06. The number of methoxy groups -OCH3 is 2. The molecule has 0 saturated heterocycles. The highest BCUT2D eigenvalue weighted by Crippen LogP contribution is 2.38. The molecule has 0 aliphatic carbocycles. The molecule has 1 N–H and O–H groups in total. The number of rotatable bonds is 11. The summed E-state index contributed by atoms with van der Waals surface area (Å²) in [5.74, 6) is -1.26. The Morgan fingerprint density at radius 2 is 1.48 bits per heavy atom. The molecule has 0 amide bonds. The molecule has 4 aromatic rings. The van der Waals surface area contributed by atoms with E-state index in [9.17, 15) is 23.1 Å². The number of para-hydroxylation sites is 1. The molecule has 0 atom stereocenters. The fraction of sp³-hybridized carbons (Fsp3) is 0.133. The molecular formula is C30H27NO8S. The zero-order valence-corrected chi connectivity index (χ0v) is 22.6. The SMILES string of the molecule is COC(=O)c1ccc(COc2cccc(C(=O)O)c2N(Cc2ccccc2)S(=O)(=O)c2ccc(OC)cc2)cc1. The van der Waals surface area contributed by atoms with E-state index in [1.807, 2.05) is 0 Å². The van der Waals surface area contributed by atoms with Gasteiger partial charge in [-0.2, -0.15) is 0 Å². The van der Waals surface area contributed by atoms with Gasteiger partial charge in [-0.05, 0) is 59.7 Å². The van der Waals surface area contributed by atoms with Crippen molar-refractivity contribution in [2.45, 2.75) is 18.0 Å². The first-order chi connectivity index (χ1) is 19.2. The molecule has 0 bridgehead atoms. The van der Waals surface area contributed by atoms with Crippen molar-refractivity contribution >= 4 is 27.6 Å². The highest BCUT2D eigenvalue weighted by molar-refractivity contribution is 7.92. The molecule has 206 valence electrons. The molecular weight excluding hydrogens is 534 g/mol. The van der Waals surface area contributed by atoms with E-state index in [-0.39, 0.29) is 35.0 Å². The Kier molecular flexibility index (Phi) is 8.70. The second-order valence-electron chi connectivity index (χ2n) is 8.61. The number of anilines is 1. The molecule has 0 aliphatic heterocycles. The molecule has 4 rings (SSSR count). The van der Waals surface area contributed by atoms with Crippen molar-refractivity contribution in [2.75, 3.05) is 18.5 Å². The molecule has 40 heavy (non-hydrogen) atoms. The van der Waals surface area contributed by atoms with Gasteiger partial charge in [-0.15, -0.1) is 0 Å². The molecule has 10 heteroatoms. The monoisotopic (exact) mass is 561 g/mol. The predicted octanol–water partition coefficient (Wildman–Crippen LogP) is 5.15. The van der Waals surface area contributed by atoms with Crippen LogP contribution in [0, 0.1) is 0 Å². The lowest BCUT2D eigenvalue weighted by Crippen LogP contribution is -2.32. The normalized spacial score (nSPS) is 10.9. The molecule has 0 fully saturated rings. The number of carbonyl (C=O) groups is 2. The van der Waals surface area contributed by atoms with Gasteiger partial charge in [-0.25, -0.2) is 18.0 Å². The van der Waals surface area contributed by atoms with E-state index >= 15 is 0 Å².